The molecule has 1 aliphatic rings. The molecule has 1 amide bonds. The Hall–Kier alpha value is -3.13. The van der Waals surface area contributed by atoms with Gasteiger partial charge in [-0.1, -0.05) is 18.2 Å². The molecule has 0 N–H and O–H groups in total. The predicted molar refractivity (Wildman–Crippen MR) is 90.2 cm³/mol. The molecule has 0 radical (unpaired) electrons. The van der Waals surface area contributed by atoms with Crippen LogP contribution >= 0.6 is 0 Å². The number of benzene rings is 2. The highest BCUT2D eigenvalue weighted by Gasteiger charge is 2.26. The van der Waals surface area contributed by atoms with Crippen LogP contribution in [-0.4, -0.2) is 50.7 Å². The number of aromatic nitrogens is 4. The molecule has 26 heavy (non-hydrogen) atoms. The molecule has 3 aromatic rings. The van der Waals surface area contributed by atoms with Crippen molar-refractivity contribution in [3.05, 3.63) is 71.8 Å². The molecule has 0 spiro atoms. The van der Waals surface area contributed by atoms with Crippen LogP contribution in [0, 0.1) is 5.82 Å². The van der Waals surface area contributed by atoms with E-state index in [2.05, 4.69) is 15.5 Å². The van der Waals surface area contributed by atoms with Crippen LogP contribution in [0.5, 0.6) is 0 Å². The summed E-state index contributed by atoms with van der Waals surface area (Å²) in [6.45, 7) is 1.35. The van der Waals surface area contributed by atoms with Crippen molar-refractivity contribution in [1.29, 1.82) is 0 Å². The van der Waals surface area contributed by atoms with E-state index in [0.717, 1.165) is 5.56 Å². The molecule has 1 fully saturated rings. The van der Waals surface area contributed by atoms with E-state index in [-0.39, 0.29) is 17.8 Å². The monoisotopic (exact) mass is 353 g/mol. The summed E-state index contributed by atoms with van der Waals surface area (Å²) in [5.41, 5.74) is 2.12. The molecular weight excluding hydrogens is 337 g/mol. The molecule has 0 saturated carbocycles. The van der Waals surface area contributed by atoms with Crippen LogP contribution in [0.2, 0.25) is 0 Å². The Balaban J connectivity index is 1.52. The highest BCUT2D eigenvalue weighted by Crippen LogP contribution is 2.24. The molecule has 1 aliphatic heterocycles. The summed E-state index contributed by atoms with van der Waals surface area (Å²) in [5.74, 6) is -0.382. The summed E-state index contributed by atoms with van der Waals surface area (Å²) < 4.78 is 20.4. The molecule has 1 unspecified atom stereocenters. The molecule has 1 aromatic heterocycles. The molecule has 8 heteroatoms. The van der Waals surface area contributed by atoms with E-state index < -0.39 is 0 Å². The van der Waals surface area contributed by atoms with Crippen LogP contribution < -0.4 is 0 Å². The maximum atomic E-state index is 13.1. The Labute approximate surface area is 149 Å². The lowest BCUT2D eigenvalue weighted by Crippen LogP contribution is -2.42. The smallest absolute Gasteiger partial charge is 0.254 e. The van der Waals surface area contributed by atoms with E-state index >= 15 is 0 Å². The normalized spacial score (nSPS) is 17.3. The zero-order chi connectivity index (χ0) is 17.9. The Bertz CT molecular complexity index is 898. The van der Waals surface area contributed by atoms with E-state index in [1.54, 1.807) is 35.2 Å². The number of hydrogen-bond donors (Lipinski definition) is 0. The maximum Gasteiger partial charge on any atom is 0.254 e. The molecule has 7 nitrogen and oxygen atoms in total. The molecule has 2 aromatic carbocycles. The third kappa shape index (κ3) is 3.31. The number of rotatable bonds is 3. The lowest BCUT2D eigenvalue weighted by molar-refractivity contribution is -0.0228. The van der Waals surface area contributed by atoms with Gasteiger partial charge in [0.25, 0.3) is 5.91 Å². The van der Waals surface area contributed by atoms with Gasteiger partial charge in [0, 0.05) is 12.1 Å². The lowest BCUT2D eigenvalue weighted by atomic mass is 10.1. The Morgan fingerprint density at radius 1 is 1.19 bits per heavy atom. The van der Waals surface area contributed by atoms with Crippen LogP contribution in [-0.2, 0) is 4.74 Å². The summed E-state index contributed by atoms with van der Waals surface area (Å²) in [6, 6.07) is 13.3. The van der Waals surface area contributed by atoms with E-state index in [4.69, 9.17) is 4.74 Å². The Morgan fingerprint density at radius 3 is 2.81 bits per heavy atom. The topological polar surface area (TPSA) is 73.1 Å². The second-order valence-corrected chi connectivity index (χ2v) is 5.97. The molecule has 1 atom stereocenters. The average Bonchev–Trinajstić information content (AvgIpc) is 3.23. The van der Waals surface area contributed by atoms with Gasteiger partial charge in [0.15, 0.2) is 0 Å². The van der Waals surface area contributed by atoms with Gasteiger partial charge in [0.1, 0.15) is 18.2 Å². The van der Waals surface area contributed by atoms with Gasteiger partial charge in [0.05, 0.1) is 18.8 Å². The van der Waals surface area contributed by atoms with E-state index in [0.29, 0.717) is 30.9 Å². The van der Waals surface area contributed by atoms with Gasteiger partial charge in [0.2, 0.25) is 0 Å². The molecule has 1 saturated heterocycles. The van der Waals surface area contributed by atoms with Gasteiger partial charge in [-0.25, -0.2) is 9.07 Å². The maximum absolute atomic E-state index is 13.1. The summed E-state index contributed by atoms with van der Waals surface area (Å²) in [7, 11) is 0. The fourth-order valence-corrected chi connectivity index (χ4v) is 2.96. The highest BCUT2D eigenvalue weighted by molar-refractivity contribution is 5.94. The highest BCUT2D eigenvalue weighted by atomic mass is 19.1. The largest absolute Gasteiger partial charge is 0.370 e. The summed E-state index contributed by atoms with van der Waals surface area (Å²) in [6.07, 6.45) is 1.21. The number of hydrogen-bond acceptors (Lipinski definition) is 5. The van der Waals surface area contributed by atoms with Gasteiger partial charge in [-0.15, -0.1) is 5.10 Å². The number of halogens is 1. The standard InChI is InChI=1S/C18H16FN5O2/c19-15-6-4-13(5-7-15)17-11-23(8-9-26-17)18(25)14-2-1-3-16(10-14)24-12-20-21-22-24/h1-7,10,12,17H,8-9,11H2. The van der Waals surface area contributed by atoms with Crippen molar-refractivity contribution in [2.24, 2.45) is 0 Å². The van der Waals surface area contributed by atoms with Crippen LogP contribution in [0.1, 0.15) is 22.0 Å². The first-order valence-electron chi connectivity index (χ1n) is 8.20. The minimum atomic E-state index is -0.295. The fraction of sp³-hybridized carbons (Fsp3) is 0.222. The van der Waals surface area contributed by atoms with Crippen molar-refractivity contribution in [2.45, 2.75) is 6.10 Å². The molecular formula is C18H16FN5O2. The first-order valence-corrected chi connectivity index (χ1v) is 8.20. The van der Waals surface area contributed by atoms with Gasteiger partial charge in [-0.05, 0) is 46.3 Å². The minimum absolute atomic E-state index is 0.0877. The molecule has 132 valence electrons. The summed E-state index contributed by atoms with van der Waals surface area (Å²) in [5, 5.41) is 11.1. The Morgan fingerprint density at radius 2 is 2.04 bits per heavy atom. The van der Waals surface area contributed by atoms with Gasteiger partial charge in [-0.3, -0.25) is 4.79 Å². The van der Waals surface area contributed by atoms with Crippen molar-refractivity contribution < 1.29 is 13.9 Å². The Kier molecular flexibility index (Phi) is 4.40. The third-order valence-corrected chi connectivity index (χ3v) is 4.30. The second-order valence-electron chi connectivity index (χ2n) is 5.97. The number of amides is 1. The second kappa shape index (κ2) is 7.01. The van der Waals surface area contributed by atoms with Crippen LogP contribution in [0.25, 0.3) is 5.69 Å². The molecule has 4 rings (SSSR count). The number of carbonyl (C=O) groups excluding carboxylic acids is 1. The van der Waals surface area contributed by atoms with Crippen LogP contribution in [0.15, 0.2) is 54.9 Å². The zero-order valence-electron chi connectivity index (χ0n) is 13.8. The number of ether oxygens (including phenoxy) is 1. The minimum Gasteiger partial charge on any atom is -0.370 e. The van der Waals surface area contributed by atoms with Gasteiger partial charge in [-0.2, -0.15) is 0 Å². The quantitative estimate of drug-likeness (QED) is 0.720. The van der Waals surface area contributed by atoms with Crippen molar-refractivity contribution in [1.82, 2.24) is 25.1 Å². The van der Waals surface area contributed by atoms with E-state index in [1.165, 1.54) is 23.1 Å². The molecule has 0 bridgehead atoms. The predicted octanol–water partition coefficient (Wildman–Crippen LogP) is 2.02. The molecule has 2 heterocycles. The number of carbonyl (C=O) groups is 1. The average molecular weight is 353 g/mol. The summed E-state index contributed by atoms with van der Waals surface area (Å²) in [4.78, 5) is 14.6. The first kappa shape index (κ1) is 16.3. The number of nitrogens with zero attached hydrogens (tertiary/aromatic N) is 5. The zero-order valence-corrected chi connectivity index (χ0v) is 13.8. The first-order chi connectivity index (χ1) is 12.7. The SMILES string of the molecule is O=C(c1cccc(-n2cnnn2)c1)N1CCOC(c2ccc(F)cc2)C1. The van der Waals surface area contributed by atoms with Crippen molar-refractivity contribution in [2.75, 3.05) is 19.7 Å². The van der Waals surface area contributed by atoms with E-state index in [9.17, 15) is 9.18 Å². The van der Waals surface area contributed by atoms with Crippen molar-refractivity contribution in [3.63, 3.8) is 0 Å². The number of morpholine rings is 1. The van der Waals surface area contributed by atoms with Crippen LogP contribution in [0.4, 0.5) is 4.39 Å². The van der Waals surface area contributed by atoms with Crippen molar-refractivity contribution in [3.8, 4) is 5.69 Å². The van der Waals surface area contributed by atoms with Crippen LogP contribution in [0.3, 0.4) is 0 Å². The summed E-state index contributed by atoms with van der Waals surface area (Å²) >= 11 is 0. The fourth-order valence-electron chi connectivity index (χ4n) is 2.96. The third-order valence-electron chi connectivity index (χ3n) is 4.30. The lowest BCUT2D eigenvalue weighted by Gasteiger charge is -2.33. The van der Waals surface area contributed by atoms with E-state index in [1.807, 2.05) is 6.07 Å². The molecule has 0 aliphatic carbocycles. The van der Waals surface area contributed by atoms with Gasteiger partial charge < -0.3 is 9.64 Å². The van der Waals surface area contributed by atoms with Crippen molar-refractivity contribution >= 4 is 5.91 Å². The number of tetrazole rings is 1. The van der Waals surface area contributed by atoms with Gasteiger partial charge >= 0.3 is 0 Å².